The molecule has 1 aromatic heterocycles. The molecule has 1 heterocycles. The summed E-state index contributed by atoms with van der Waals surface area (Å²) in [5.41, 5.74) is 1.05. The summed E-state index contributed by atoms with van der Waals surface area (Å²) in [6, 6.07) is 10.1. The van der Waals surface area contributed by atoms with Crippen LogP contribution in [0.2, 0.25) is 5.22 Å². The summed E-state index contributed by atoms with van der Waals surface area (Å²) in [6.07, 6.45) is 0.734. The quantitative estimate of drug-likeness (QED) is 0.887. The van der Waals surface area contributed by atoms with E-state index in [1.807, 2.05) is 13.0 Å². The van der Waals surface area contributed by atoms with Crippen LogP contribution in [0.25, 0.3) is 0 Å². The lowest BCUT2D eigenvalue weighted by Gasteiger charge is -2.15. The molecule has 2 rings (SSSR count). The van der Waals surface area contributed by atoms with E-state index in [-0.39, 0.29) is 11.9 Å². The Bertz CT molecular complexity index is 495. The number of rotatable bonds is 5. The van der Waals surface area contributed by atoms with E-state index >= 15 is 0 Å². The van der Waals surface area contributed by atoms with Crippen LogP contribution < -0.4 is 5.32 Å². The SMILES string of the molecule is CCNC(Cc1ccc(F)cc1)c1ccc(Cl)o1. The second-order valence-electron chi connectivity index (χ2n) is 4.08. The lowest BCUT2D eigenvalue weighted by atomic mass is 10.0. The molecule has 0 aliphatic rings. The molecule has 0 amide bonds. The van der Waals surface area contributed by atoms with Crippen molar-refractivity contribution in [3.63, 3.8) is 0 Å². The van der Waals surface area contributed by atoms with Crippen LogP contribution in [-0.2, 0) is 6.42 Å². The normalized spacial score (nSPS) is 12.6. The second kappa shape index (κ2) is 6.03. The minimum Gasteiger partial charge on any atom is -0.448 e. The summed E-state index contributed by atoms with van der Waals surface area (Å²) in [7, 11) is 0. The van der Waals surface area contributed by atoms with Gasteiger partial charge in [-0.05, 0) is 54.4 Å². The van der Waals surface area contributed by atoms with Crippen LogP contribution in [0.5, 0.6) is 0 Å². The van der Waals surface area contributed by atoms with Crippen molar-refractivity contribution in [1.82, 2.24) is 5.32 Å². The highest BCUT2D eigenvalue weighted by atomic mass is 35.5. The van der Waals surface area contributed by atoms with Gasteiger partial charge in [0, 0.05) is 0 Å². The highest BCUT2D eigenvalue weighted by Gasteiger charge is 2.15. The Balaban J connectivity index is 2.13. The maximum Gasteiger partial charge on any atom is 0.193 e. The standard InChI is InChI=1S/C14H15ClFNO/c1-2-17-12(13-7-8-14(15)18-13)9-10-3-5-11(16)6-4-10/h3-8,12,17H,2,9H2,1H3. The van der Waals surface area contributed by atoms with Crippen molar-refractivity contribution in [2.45, 2.75) is 19.4 Å². The monoisotopic (exact) mass is 267 g/mol. The average molecular weight is 268 g/mol. The molecule has 1 unspecified atom stereocenters. The molecular formula is C14H15ClFNO. The van der Waals surface area contributed by atoms with Crippen LogP contribution >= 0.6 is 11.6 Å². The highest BCUT2D eigenvalue weighted by Crippen LogP contribution is 2.23. The van der Waals surface area contributed by atoms with Gasteiger partial charge in [-0.15, -0.1) is 0 Å². The van der Waals surface area contributed by atoms with E-state index < -0.39 is 0 Å². The lowest BCUT2D eigenvalue weighted by molar-refractivity contribution is 0.417. The molecule has 0 radical (unpaired) electrons. The Hall–Kier alpha value is -1.32. The predicted molar refractivity (Wildman–Crippen MR) is 70.2 cm³/mol. The van der Waals surface area contributed by atoms with Crippen molar-refractivity contribution in [1.29, 1.82) is 0 Å². The zero-order valence-electron chi connectivity index (χ0n) is 10.1. The van der Waals surface area contributed by atoms with E-state index in [0.717, 1.165) is 24.3 Å². The fourth-order valence-corrected chi connectivity index (χ4v) is 2.04. The first-order valence-corrected chi connectivity index (χ1v) is 6.30. The van der Waals surface area contributed by atoms with E-state index in [1.54, 1.807) is 18.2 Å². The topological polar surface area (TPSA) is 25.2 Å². The molecule has 0 saturated heterocycles. The Morgan fingerprint density at radius 3 is 2.50 bits per heavy atom. The average Bonchev–Trinajstić information content (AvgIpc) is 2.78. The lowest BCUT2D eigenvalue weighted by Crippen LogP contribution is -2.22. The molecular weight excluding hydrogens is 253 g/mol. The van der Waals surface area contributed by atoms with Gasteiger partial charge in [0.05, 0.1) is 6.04 Å². The molecule has 1 atom stereocenters. The van der Waals surface area contributed by atoms with Crippen molar-refractivity contribution in [3.8, 4) is 0 Å². The number of likely N-dealkylation sites (N-methyl/N-ethyl adjacent to an activating group) is 1. The first-order valence-electron chi connectivity index (χ1n) is 5.92. The fourth-order valence-electron chi connectivity index (χ4n) is 1.89. The number of benzene rings is 1. The maximum absolute atomic E-state index is 12.8. The molecule has 4 heteroatoms. The van der Waals surface area contributed by atoms with Gasteiger partial charge >= 0.3 is 0 Å². The van der Waals surface area contributed by atoms with Gasteiger partial charge in [0.25, 0.3) is 0 Å². The molecule has 0 aliphatic heterocycles. The van der Waals surface area contributed by atoms with E-state index in [1.165, 1.54) is 12.1 Å². The minimum atomic E-state index is -0.222. The summed E-state index contributed by atoms with van der Waals surface area (Å²) in [5, 5.41) is 3.71. The number of hydrogen-bond donors (Lipinski definition) is 1. The minimum absolute atomic E-state index is 0.0490. The van der Waals surface area contributed by atoms with Crippen molar-refractivity contribution >= 4 is 11.6 Å². The van der Waals surface area contributed by atoms with E-state index in [0.29, 0.717) is 5.22 Å². The van der Waals surface area contributed by atoms with Crippen molar-refractivity contribution in [3.05, 3.63) is 58.8 Å². The molecule has 0 spiro atoms. The Kier molecular flexibility index (Phi) is 4.39. The first kappa shape index (κ1) is 13.1. The molecule has 2 nitrogen and oxygen atoms in total. The largest absolute Gasteiger partial charge is 0.448 e. The van der Waals surface area contributed by atoms with E-state index in [2.05, 4.69) is 5.32 Å². The molecule has 2 aromatic rings. The predicted octanol–water partition coefficient (Wildman–Crippen LogP) is 3.97. The Morgan fingerprint density at radius 1 is 1.22 bits per heavy atom. The maximum atomic E-state index is 12.8. The van der Waals surface area contributed by atoms with Gasteiger partial charge in [0.2, 0.25) is 0 Å². The third-order valence-electron chi connectivity index (χ3n) is 2.74. The van der Waals surface area contributed by atoms with Crippen LogP contribution in [0, 0.1) is 5.82 Å². The number of furan rings is 1. The fraction of sp³-hybridized carbons (Fsp3) is 0.286. The van der Waals surface area contributed by atoms with Crippen LogP contribution in [-0.4, -0.2) is 6.54 Å². The van der Waals surface area contributed by atoms with Crippen LogP contribution in [0.3, 0.4) is 0 Å². The van der Waals surface area contributed by atoms with Gasteiger partial charge in [-0.25, -0.2) is 4.39 Å². The summed E-state index contributed by atoms with van der Waals surface area (Å²) in [5.74, 6) is 0.575. The van der Waals surface area contributed by atoms with Gasteiger partial charge in [-0.3, -0.25) is 0 Å². The van der Waals surface area contributed by atoms with Crippen molar-refractivity contribution in [2.75, 3.05) is 6.54 Å². The van der Waals surface area contributed by atoms with Crippen molar-refractivity contribution in [2.24, 2.45) is 0 Å². The van der Waals surface area contributed by atoms with Gasteiger partial charge < -0.3 is 9.73 Å². The zero-order valence-corrected chi connectivity index (χ0v) is 10.9. The number of halogens is 2. The molecule has 0 aliphatic carbocycles. The molecule has 0 bridgehead atoms. The second-order valence-corrected chi connectivity index (χ2v) is 4.46. The highest BCUT2D eigenvalue weighted by molar-refractivity contribution is 6.28. The molecule has 96 valence electrons. The molecule has 0 fully saturated rings. The summed E-state index contributed by atoms with van der Waals surface area (Å²) in [4.78, 5) is 0. The smallest absolute Gasteiger partial charge is 0.193 e. The Morgan fingerprint density at radius 2 is 1.94 bits per heavy atom. The van der Waals surface area contributed by atoms with E-state index in [4.69, 9.17) is 16.0 Å². The molecule has 0 saturated carbocycles. The number of hydrogen-bond acceptors (Lipinski definition) is 2. The van der Waals surface area contributed by atoms with Crippen LogP contribution in [0.4, 0.5) is 4.39 Å². The third kappa shape index (κ3) is 3.34. The number of nitrogens with one attached hydrogen (secondary N) is 1. The van der Waals surface area contributed by atoms with Gasteiger partial charge in [-0.2, -0.15) is 0 Å². The first-order chi connectivity index (χ1) is 8.69. The van der Waals surface area contributed by atoms with Gasteiger partial charge in [-0.1, -0.05) is 19.1 Å². The summed E-state index contributed by atoms with van der Waals surface area (Å²) in [6.45, 7) is 2.85. The Labute approximate surface area is 111 Å². The summed E-state index contributed by atoms with van der Waals surface area (Å²) < 4.78 is 18.3. The third-order valence-corrected chi connectivity index (χ3v) is 2.94. The van der Waals surface area contributed by atoms with E-state index in [9.17, 15) is 4.39 Å². The molecule has 1 aromatic carbocycles. The van der Waals surface area contributed by atoms with Gasteiger partial charge in [0.15, 0.2) is 5.22 Å². The molecule has 1 N–H and O–H groups in total. The summed E-state index contributed by atoms with van der Waals surface area (Å²) >= 11 is 5.78. The zero-order chi connectivity index (χ0) is 13.0. The van der Waals surface area contributed by atoms with Crippen LogP contribution in [0.15, 0.2) is 40.8 Å². The van der Waals surface area contributed by atoms with Crippen LogP contribution in [0.1, 0.15) is 24.3 Å². The van der Waals surface area contributed by atoms with Crippen molar-refractivity contribution < 1.29 is 8.81 Å². The van der Waals surface area contributed by atoms with Gasteiger partial charge in [0.1, 0.15) is 11.6 Å². The molecule has 18 heavy (non-hydrogen) atoms.